The fraction of sp³-hybridized carbons (Fsp3) is 0.400. The Morgan fingerprint density at radius 1 is 1.26 bits per heavy atom. The lowest BCUT2D eigenvalue weighted by Crippen LogP contribution is -2.46. The maximum atomic E-state index is 12.3. The van der Waals surface area contributed by atoms with Gasteiger partial charge in [-0.3, -0.25) is 4.98 Å². The zero-order valence-corrected chi connectivity index (χ0v) is 16.1. The number of nitrogens with one attached hydrogen (secondary N) is 1. The highest BCUT2D eigenvalue weighted by atomic mass is 35.5. The van der Waals surface area contributed by atoms with Gasteiger partial charge in [-0.1, -0.05) is 23.7 Å². The van der Waals surface area contributed by atoms with Crippen molar-refractivity contribution in [2.24, 2.45) is 0 Å². The molecular formula is C20H24ClN3O3. The second-order valence-corrected chi connectivity index (χ2v) is 6.85. The minimum absolute atomic E-state index is 0.0242. The van der Waals surface area contributed by atoms with E-state index >= 15 is 0 Å². The van der Waals surface area contributed by atoms with E-state index in [1.54, 1.807) is 25.6 Å². The number of ether oxygens (including phenoxy) is 2. The first-order chi connectivity index (χ1) is 13.2. The second kappa shape index (κ2) is 9.46. The predicted octanol–water partition coefficient (Wildman–Crippen LogP) is 3.54. The maximum absolute atomic E-state index is 12.3. The van der Waals surface area contributed by atoms with Gasteiger partial charge in [0.1, 0.15) is 22.6 Å². The lowest BCUT2D eigenvalue weighted by atomic mass is 10.1. The molecule has 6 nitrogen and oxygen atoms in total. The average Bonchev–Trinajstić information content (AvgIpc) is 2.71. The van der Waals surface area contributed by atoms with Crippen molar-refractivity contribution in [3.05, 3.63) is 53.3 Å². The van der Waals surface area contributed by atoms with Gasteiger partial charge in [0.2, 0.25) is 0 Å². The minimum Gasteiger partial charge on any atom is -0.497 e. The molecule has 3 rings (SSSR count). The van der Waals surface area contributed by atoms with Gasteiger partial charge in [0.25, 0.3) is 0 Å². The van der Waals surface area contributed by atoms with Crippen molar-refractivity contribution in [1.82, 2.24) is 15.2 Å². The van der Waals surface area contributed by atoms with Crippen LogP contribution in [-0.2, 0) is 6.42 Å². The first kappa shape index (κ1) is 19.3. The molecule has 2 amide bonds. The summed E-state index contributed by atoms with van der Waals surface area (Å²) in [5.74, 6) is 1.48. The first-order valence-corrected chi connectivity index (χ1v) is 9.45. The second-order valence-electron chi connectivity index (χ2n) is 6.44. The third kappa shape index (κ3) is 5.50. The fourth-order valence-electron chi connectivity index (χ4n) is 3.03. The molecule has 7 heteroatoms. The van der Waals surface area contributed by atoms with E-state index < -0.39 is 0 Å². The van der Waals surface area contributed by atoms with Crippen LogP contribution in [-0.4, -0.2) is 48.8 Å². The number of benzene rings is 1. The number of amides is 2. The summed E-state index contributed by atoms with van der Waals surface area (Å²) in [5, 5.41) is 3.50. The van der Waals surface area contributed by atoms with Crippen LogP contribution in [0.3, 0.4) is 0 Å². The molecular weight excluding hydrogens is 366 g/mol. The number of carbonyl (C=O) groups excluding carboxylic acids is 1. The van der Waals surface area contributed by atoms with Crippen LogP contribution in [0.1, 0.15) is 18.4 Å². The lowest BCUT2D eigenvalue weighted by molar-refractivity contribution is 0.111. The van der Waals surface area contributed by atoms with E-state index in [4.69, 9.17) is 21.1 Å². The van der Waals surface area contributed by atoms with Crippen LogP contribution in [0, 0.1) is 0 Å². The minimum atomic E-state index is -0.0242. The number of aromatic nitrogens is 1. The summed E-state index contributed by atoms with van der Waals surface area (Å²) < 4.78 is 11.1. The molecule has 0 bridgehead atoms. The van der Waals surface area contributed by atoms with Crippen LogP contribution < -0.4 is 14.8 Å². The summed E-state index contributed by atoms with van der Waals surface area (Å²) in [6, 6.07) is 9.62. The smallest absolute Gasteiger partial charge is 0.317 e. The molecule has 2 aromatic rings. The normalized spacial score (nSPS) is 14.7. The number of nitrogens with zero attached hydrogens (tertiary/aromatic N) is 2. The van der Waals surface area contributed by atoms with Crippen molar-refractivity contribution in [2.75, 3.05) is 26.7 Å². The van der Waals surface area contributed by atoms with Gasteiger partial charge in [-0.15, -0.1) is 0 Å². The summed E-state index contributed by atoms with van der Waals surface area (Å²) >= 11 is 6.08. The van der Waals surface area contributed by atoms with E-state index in [0.29, 0.717) is 30.4 Å². The Kier molecular flexibility index (Phi) is 6.76. The zero-order valence-electron chi connectivity index (χ0n) is 15.4. The maximum Gasteiger partial charge on any atom is 0.317 e. The third-order valence-electron chi connectivity index (χ3n) is 4.61. The topological polar surface area (TPSA) is 63.7 Å². The van der Waals surface area contributed by atoms with Crippen molar-refractivity contribution < 1.29 is 14.3 Å². The quantitative estimate of drug-likeness (QED) is 0.820. The highest BCUT2D eigenvalue weighted by molar-refractivity contribution is 6.31. The number of methoxy groups -OCH3 is 1. The summed E-state index contributed by atoms with van der Waals surface area (Å²) in [6.07, 6.45) is 5.65. The number of pyridine rings is 1. The largest absolute Gasteiger partial charge is 0.497 e. The van der Waals surface area contributed by atoms with Gasteiger partial charge in [0.05, 0.1) is 7.11 Å². The number of halogens is 1. The highest BCUT2D eigenvalue weighted by Gasteiger charge is 2.24. The molecule has 1 aliphatic rings. The van der Waals surface area contributed by atoms with Crippen molar-refractivity contribution >= 4 is 17.6 Å². The molecule has 1 N–H and O–H groups in total. The zero-order chi connectivity index (χ0) is 19.1. The first-order valence-electron chi connectivity index (χ1n) is 9.07. The van der Waals surface area contributed by atoms with Crippen LogP contribution in [0.4, 0.5) is 4.79 Å². The van der Waals surface area contributed by atoms with Crippen LogP contribution in [0.15, 0.2) is 42.7 Å². The van der Waals surface area contributed by atoms with E-state index in [-0.39, 0.29) is 12.1 Å². The number of piperidine rings is 1. The lowest BCUT2D eigenvalue weighted by Gasteiger charge is -2.32. The van der Waals surface area contributed by atoms with Crippen LogP contribution in [0.5, 0.6) is 11.5 Å². The molecule has 1 saturated heterocycles. The van der Waals surface area contributed by atoms with Crippen molar-refractivity contribution in [3.8, 4) is 11.5 Å². The SMILES string of the molecule is COc1ccc(CCNC(=O)N2CCC(Oc3ccncc3Cl)CC2)cc1. The molecule has 0 saturated carbocycles. The molecule has 1 fully saturated rings. The Balaban J connectivity index is 1.38. The standard InChI is InChI=1S/C20H24ClN3O3/c1-26-16-4-2-15(3-5-16)6-11-23-20(25)24-12-8-17(9-13-24)27-19-7-10-22-14-18(19)21/h2-5,7,10,14,17H,6,8-9,11-13H2,1H3,(H,23,25). The van der Waals surface area contributed by atoms with Gasteiger partial charge < -0.3 is 19.7 Å². The number of hydrogen-bond acceptors (Lipinski definition) is 4. The Hall–Kier alpha value is -2.47. The number of urea groups is 1. The van der Waals surface area contributed by atoms with Crippen molar-refractivity contribution in [2.45, 2.75) is 25.4 Å². The summed E-state index contributed by atoms with van der Waals surface area (Å²) in [4.78, 5) is 18.1. The molecule has 0 atom stereocenters. The van der Waals surface area contributed by atoms with Gasteiger partial charge in [0, 0.05) is 50.9 Å². The fourth-order valence-corrected chi connectivity index (χ4v) is 3.20. The molecule has 0 radical (unpaired) electrons. The Morgan fingerprint density at radius 2 is 2.00 bits per heavy atom. The molecule has 0 aliphatic carbocycles. The molecule has 2 heterocycles. The number of rotatable bonds is 6. The van der Waals surface area contributed by atoms with E-state index in [2.05, 4.69) is 10.3 Å². The van der Waals surface area contributed by atoms with Crippen LogP contribution in [0.2, 0.25) is 5.02 Å². The van der Waals surface area contributed by atoms with E-state index in [9.17, 15) is 4.79 Å². The molecule has 144 valence electrons. The Labute approximate surface area is 164 Å². The van der Waals surface area contributed by atoms with Gasteiger partial charge in [0.15, 0.2) is 0 Å². The number of hydrogen-bond donors (Lipinski definition) is 1. The molecule has 1 aromatic heterocycles. The van der Waals surface area contributed by atoms with Gasteiger partial charge >= 0.3 is 6.03 Å². The van der Waals surface area contributed by atoms with Gasteiger partial charge in [-0.05, 0) is 24.1 Å². The Morgan fingerprint density at radius 3 is 2.67 bits per heavy atom. The van der Waals surface area contributed by atoms with Crippen LogP contribution in [0.25, 0.3) is 0 Å². The number of carbonyl (C=O) groups is 1. The van der Waals surface area contributed by atoms with E-state index in [1.807, 2.05) is 29.2 Å². The van der Waals surface area contributed by atoms with Gasteiger partial charge in [-0.2, -0.15) is 0 Å². The molecule has 1 aliphatic heterocycles. The molecule has 27 heavy (non-hydrogen) atoms. The predicted molar refractivity (Wildman–Crippen MR) is 105 cm³/mol. The monoisotopic (exact) mass is 389 g/mol. The molecule has 0 unspecified atom stereocenters. The van der Waals surface area contributed by atoms with Crippen molar-refractivity contribution in [1.29, 1.82) is 0 Å². The molecule has 0 spiro atoms. The van der Waals surface area contributed by atoms with E-state index in [1.165, 1.54) is 0 Å². The summed E-state index contributed by atoms with van der Waals surface area (Å²) in [6.45, 7) is 1.94. The summed E-state index contributed by atoms with van der Waals surface area (Å²) in [7, 11) is 1.65. The highest BCUT2D eigenvalue weighted by Crippen LogP contribution is 2.25. The number of likely N-dealkylation sites (tertiary alicyclic amines) is 1. The Bertz CT molecular complexity index is 746. The average molecular weight is 390 g/mol. The van der Waals surface area contributed by atoms with Crippen LogP contribution >= 0.6 is 11.6 Å². The van der Waals surface area contributed by atoms with Crippen molar-refractivity contribution in [3.63, 3.8) is 0 Å². The molecule has 1 aromatic carbocycles. The van der Waals surface area contributed by atoms with E-state index in [0.717, 1.165) is 30.6 Å². The summed E-state index contributed by atoms with van der Waals surface area (Å²) in [5.41, 5.74) is 1.16. The third-order valence-corrected chi connectivity index (χ3v) is 4.89. The van der Waals surface area contributed by atoms with Gasteiger partial charge in [-0.25, -0.2) is 4.79 Å².